The van der Waals surface area contributed by atoms with Gasteiger partial charge in [-0.05, 0) is 18.9 Å². The average Bonchev–Trinajstić information content (AvgIpc) is 3.35. The number of aromatic nitrogens is 5. The number of hydrogen-bond acceptors (Lipinski definition) is 5. The summed E-state index contributed by atoms with van der Waals surface area (Å²) >= 11 is 6.72. The largest absolute Gasteiger partial charge is 0.347 e. The summed E-state index contributed by atoms with van der Waals surface area (Å²) in [7, 11) is 1.90. The smallest absolute Gasteiger partial charge is 0.159 e. The number of hydrogen-bond donors (Lipinski definition) is 2. The highest BCUT2D eigenvalue weighted by atomic mass is 35.5. The number of nitrogens with zero attached hydrogens (tertiary/aromatic N) is 5. The van der Waals surface area contributed by atoms with E-state index in [-0.39, 0.29) is 1.43 Å². The minimum Gasteiger partial charge on any atom is -0.347 e. The van der Waals surface area contributed by atoms with Gasteiger partial charge < -0.3 is 15.2 Å². The maximum atomic E-state index is 6.72. The molecule has 4 aromatic rings. The van der Waals surface area contributed by atoms with Crippen LogP contribution < -0.4 is 10.2 Å². The summed E-state index contributed by atoms with van der Waals surface area (Å²) in [6.07, 6.45) is 8.24. The molecule has 28 heavy (non-hydrogen) atoms. The fraction of sp³-hybridized carbons (Fsp3) is 0.350. The van der Waals surface area contributed by atoms with Crippen LogP contribution in [0.2, 0.25) is 5.02 Å². The second-order valence-corrected chi connectivity index (χ2v) is 8.12. The second kappa shape index (κ2) is 5.93. The molecule has 2 fully saturated rings. The van der Waals surface area contributed by atoms with Crippen LogP contribution in [-0.4, -0.2) is 49.9 Å². The minimum absolute atomic E-state index is 0. The molecule has 2 saturated heterocycles. The van der Waals surface area contributed by atoms with Gasteiger partial charge in [-0.3, -0.25) is 4.68 Å². The Morgan fingerprint density at radius 3 is 2.82 bits per heavy atom. The number of fused-ring (bicyclic) bond motifs is 4. The standard InChI is InChI=1S/C20H20ClN7.H2/c1-27-10-15-16(26-27)5-4-13(18(15)21)14-8-24-20-19(14)23-9-17(25-20)28-11-2-3-12(28)7-22-6-11;/h4-5,8-12,22H,2-3,6-7H2,1H3,(H,24,25);1H. The molecular weight excluding hydrogens is 374 g/mol. The topological polar surface area (TPSA) is 74.7 Å². The zero-order valence-electron chi connectivity index (χ0n) is 15.5. The fourth-order valence-electron chi connectivity index (χ4n) is 4.76. The zero-order chi connectivity index (χ0) is 18.8. The van der Waals surface area contributed by atoms with Crippen molar-refractivity contribution < 1.29 is 1.43 Å². The molecule has 2 aliphatic heterocycles. The van der Waals surface area contributed by atoms with Crippen molar-refractivity contribution >= 4 is 39.5 Å². The predicted octanol–water partition coefficient (Wildman–Crippen LogP) is 3.35. The molecule has 2 aliphatic rings. The highest BCUT2D eigenvalue weighted by Gasteiger charge is 2.37. The third kappa shape index (κ3) is 2.29. The zero-order valence-corrected chi connectivity index (χ0v) is 16.2. The molecule has 5 heterocycles. The van der Waals surface area contributed by atoms with Gasteiger partial charge in [-0.15, -0.1) is 0 Å². The summed E-state index contributed by atoms with van der Waals surface area (Å²) in [6.45, 7) is 2.04. The Balaban J connectivity index is 0.00000181. The first-order valence-electron chi connectivity index (χ1n) is 9.64. The van der Waals surface area contributed by atoms with Crippen molar-refractivity contribution in [3.8, 4) is 11.1 Å². The second-order valence-electron chi connectivity index (χ2n) is 7.74. The van der Waals surface area contributed by atoms with Crippen LogP contribution >= 0.6 is 11.6 Å². The van der Waals surface area contributed by atoms with E-state index in [1.54, 1.807) is 4.68 Å². The maximum Gasteiger partial charge on any atom is 0.159 e. The first-order chi connectivity index (χ1) is 13.7. The molecule has 8 heteroatoms. The Morgan fingerprint density at radius 2 is 2.00 bits per heavy atom. The molecule has 2 atom stereocenters. The van der Waals surface area contributed by atoms with Crippen molar-refractivity contribution in [2.24, 2.45) is 7.05 Å². The van der Waals surface area contributed by atoms with E-state index in [4.69, 9.17) is 21.6 Å². The number of benzene rings is 1. The summed E-state index contributed by atoms with van der Waals surface area (Å²) in [6, 6.07) is 5.03. The quantitative estimate of drug-likeness (QED) is 0.544. The number of aryl methyl sites for hydroxylation is 1. The summed E-state index contributed by atoms with van der Waals surface area (Å²) in [4.78, 5) is 15.4. The molecule has 0 saturated carbocycles. The lowest BCUT2D eigenvalue weighted by atomic mass is 10.1. The normalized spacial score (nSPS) is 21.9. The highest BCUT2D eigenvalue weighted by Crippen LogP contribution is 2.37. The first-order valence-corrected chi connectivity index (χ1v) is 10.0. The van der Waals surface area contributed by atoms with Crippen molar-refractivity contribution in [2.75, 3.05) is 18.0 Å². The van der Waals surface area contributed by atoms with E-state index in [0.717, 1.165) is 52.1 Å². The number of halogens is 1. The Labute approximate surface area is 168 Å². The lowest BCUT2D eigenvalue weighted by Crippen LogP contribution is -2.52. The van der Waals surface area contributed by atoms with Crippen LogP contribution in [-0.2, 0) is 7.05 Å². The van der Waals surface area contributed by atoms with Gasteiger partial charge in [0.15, 0.2) is 5.65 Å². The lowest BCUT2D eigenvalue weighted by Gasteiger charge is -2.36. The molecular formula is C20H22ClN7. The van der Waals surface area contributed by atoms with Gasteiger partial charge >= 0.3 is 0 Å². The van der Waals surface area contributed by atoms with Crippen LogP contribution in [0.3, 0.4) is 0 Å². The number of anilines is 1. The van der Waals surface area contributed by atoms with Crippen molar-refractivity contribution in [3.63, 3.8) is 0 Å². The van der Waals surface area contributed by atoms with Crippen LogP contribution in [0.15, 0.2) is 30.7 Å². The van der Waals surface area contributed by atoms with Crippen molar-refractivity contribution in [3.05, 3.63) is 35.7 Å². The fourth-order valence-corrected chi connectivity index (χ4v) is 5.07. The number of piperazine rings is 1. The Hall–Kier alpha value is -2.64. The summed E-state index contributed by atoms with van der Waals surface area (Å²) in [5, 5.41) is 9.58. The van der Waals surface area contributed by atoms with Gasteiger partial charge in [-0.1, -0.05) is 17.7 Å². The Bertz CT molecular complexity index is 1200. The highest BCUT2D eigenvalue weighted by molar-refractivity contribution is 6.38. The minimum atomic E-state index is 0. The van der Waals surface area contributed by atoms with E-state index in [9.17, 15) is 0 Å². The van der Waals surface area contributed by atoms with Gasteiger partial charge in [-0.25, -0.2) is 9.97 Å². The molecule has 0 spiro atoms. The monoisotopic (exact) mass is 395 g/mol. The average molecular weight is 396 g/mol. The van der Waals surface area contributed by atoms with Gasteiger partial charge in [0.25, 0.3) is 0 Å². The molecule has 1 aromatic carbocycles. The van der Waals surface area contributed by atoms with Gasteiger partial charge in [0, 0.05) is 62.6 Å². The van der Waals surface area contributed by atoms with E-state index < -0.39 is 0 Å². The predicted molar refractivity (Wildman–Crippen MR) is 113 cm³/mol. The number of rotatable bonds is 2. The Morgan fingerprint density at radius 1 is 1.18 bits per heavy atom. The summed E-state index contributed by atoms with van der Waals surface area (Å²) in [5.41, 5.74) is 4.44. The number of nitrogens with one attached hydrogen (secondary N) is 2. The molecule has 144 valence electrons. The Kier molecular flexibility index (Phi) is 3.46. The van der Waals surface area contributed by atoms with Gasteiger partial charge in [-0.2, -0.15) is 5.10 Å². The van der Waals surface area contributed by atoms with E-state index >= 15 is 0 Å². The third-order valence-corrected chi connectivity index (χ3v) is 6.45. The molecule has 7 nitrogen and oxygen atoms in total. The van der Waals surface area contributed by atoms with Gasteiger partial charge in [0.05, 0.1) is 16.7 Å². The molecule has 6 rings (SSSR count). The lowest BCUT2D eigenvalue weighted by molar-refractivity contribution is 0.481. The van der Waals surface area contributed by atoms with Gasteiger partial charge in [0.2, 0.25) is 0 Å². The van der Waals surface area contributed by atoms with Crippen LogP contribution in [0.4, 0.5) is 5.82 Å². The number of aromatic amines is 1. The third-order valence-electron chi connectivity index (χ3n) is 6.04. The van der Waals surface area contributed by atoms with E-state index in [1.807, 2.05) is 37.8 Å². The van der Waals surface area contributed by atoms with Crippen LogP contribution in [0.25, 0.3) is 33.2 Å². The molecule has 0 amide bonds. The van der Waals surface area contributed by atoms with E-state index in [0.29, 0.717) is 17.1 Å². The van der Waals surface area contributed by atoms with Crippen molar-refractivity contribution in [1.29, 1.82) is 0 Å². The molecule has 2 unspecified atom stereocenters. The first kappa shape index (κ1) is 16.3. The van der Waals surface area contributed by atoms with Crippen LogP contribution in [0, 0.1) is 0 Å². The maximum absolute atomic E-state index is 6.72. The SMILES string of the molecule is Cn1cc2c(Cl)c(-c3c[nH]c4nc(N5C6CCC5CNC6)cnc34)ccc2n1.[HH]. The van der Waals surface area contributed by atoms with E-state index in [1.165, 1.54) is 12.8 Å². The summed E-state index contributed by atoms with van der Waals surface area (Å²) < 4.78 is 1.78. The summed E-state index contributed by atoms with van der Waals surface area (Å²) in [5.74, 6) is 0.962. The molecule has 0 aliphatic carbocycles. The van der Waals surface area contributed by atoms with Crippen molar-refractivity contribution in [2.45, 2.75) is 24.9 Å². The van der Waals surface area contributed by atoms with Gasteiger partial charge in [0.1, 0.15) is 11.3 Å². The van der Waals surface area contributed by atoms with Crippen LogP contribution in [0.1, 0.15) is 14.3 Å². The molecule has 2 bridgehead atoms. The molecule has 2 N–H and O–H groups in total. The van der Waals surface area contributed by atoms with Crippen LogP contribution in [0.5, 0.6) is 0 Å². The van der Waals surface area contributed by atoms with E-state index in [2.05, 4.69) is 20.3 Å². The molecule has 3 aromatic heterocycles. The van der Waals surface area contributed by atoms with Crippen molar-refractivity contribution in [1.82, 2.24) is 30.0 Å². The number of H-pyrrole nitrogens is 1. The molecule has 0 radical (unpaired) electrons.